The number of para-hydroxylation sites is 1. The molecule has 0 bridgehead atoms. The van der Waals surface area contributed by atoms with E-state index in [0.29, 0.717) is 17.7 Å². The molecule has 5 rings (SSSR count). The molecule has 1 N–H and O–H groups in total. The molecule has 1 aliphatic carbocycles. The van der Waals surface area contributed by atoms with Crippen molar-refractivity contribution < 1.29 is 14.3 Å². The quantitative estimate of drug-likeness (QED) is 0.657. The molecule has 7 heteroatoms. The van der Waals surface area contributed by atoms with Gasteiger partial charge < -0.3 is 5.11 Å². The summed E-state index contributed by atoms with van der Waals surface area (Å²) < 4.78 is 15.6. The van der Waals surface area contributed by atoms with Crippen LogP contribution in [-0.4, -0.2) is 21.7 Å². The minimum atomic E-state index is -1.18. The van der Waals surface area contributed by atoms with Crippen molar-refractivity contribution in [1.29, 1.82) is 0 Å². The van der Waals surface area contributed by atoms with Crippen molar-refractivity contribution in [2.45, 2.75) is 18.9 Å². The number of ketones is 1. The average molecular weight is 420 g/mol. The van der Waals surface area contributed by atoms with E-state index in [4.69, 9.17) is 0 Å². The number of fused-ring (bicyclic) bond motifs is 1. The Morgan fingerprint density at radius 2 is 1.93 bits per heavy atom. The Bertz CT molecular complexity index is 1280. The normalized spacial score (nSPS) is 17.3. The second kappa shape index (κ2) is 7.18. The van der Waals surface area contributed by atoms with E-state index in [1.807, 2.05) is 24.3 Å². The number of hydrogen-bond acceptors (Lipinski definition) is 5. The largest absolute Gasteiger partial charge is 0.493 e. The fourth-order valence-electron chi connectivity index (χ4n) is 3.72. The van der Waals surface area contributed by atoms with Crippen molar-refractivity contribution >= 4 is 40.7 Å². The summed E-state index contributed by atoms with van der Waals surface area (Å²) in [6, 6.07) is 12.3. The van der Waals surface area contributed by atoms with Gasteiger partial charge in [-0.05, 0) is 31.1 Å². The lowest BCUT2D eigenvalue weighted by atomic mass is 9.99. The minimum absolute atomic E-state index is 0.0941. The second-order valence-corrected chi connectivity index (χ2v) is 8.39. The molecule has 1 fully saturated rings. The Morgan fingerprint density at radius 3 is 2.70 bits per heavy atom. The molecule has 1 aromatic heterocycles. The van der Waals surface area contributed by atoms with Crippen LogP contribution in [0.25, 0.3) is 11.6 Å². The maximum atomic E-state index is 14.6. The highest BCUT2D eigenvalue weighted by Crippen LogP contribution is 2.40. The third-order valence-electron chi connectivity index (χ3n) is 5.39. The number of aliphatic imine (C=N–C) groups is 1. The van der Waals surface area contributed by atoms with E-state index in [9.17, 15) is 19.1 Å². The van der Waals surface area contributed by atoms with Crippen LogP contribution in [0.3, 0.4) is 0 Å². The van der Waals surface area contributed by atoms with E-state index in [1.54, 1.807) is 18.4 Å². The predicted octanol–water partition coefficient (Wildman–Crippen LogP) is 4.58. The molecule has 1 unspecified atom stereocenters. The molecule has 2 aliphatic rings. The second-order valence-electron chi connectivity index (χ2n) is 7.40. The van der Waals surface area contributed by atoms with Gasteiger partial charge in [0.25, 0.3) is 0 Å². The monoisotopic (exact) mass is 420 g/mol. The number of rotatable bonds is 5. The molecule has 0 spiro atoms. The molecule has 1 atom stereocenters. The molecule has 1 saturated carbocycles. The number of allylic oxidation sites excluding steroid dienone is 1. The summed E-state index contributed by atoms with van der Waals surface area (Å²) in [6.45, 7) is 0. The molecule has 0 radical (unpaired) electrons. The van der Waals surface area contributed by atoms with Gasteiger partial charge in [-0.15, -0.1) is 0 Å². The zero-order valence-corrected chi connectivity index (χ0v) is 16.6. The summed E-state index contributed by atoms with van der Waals surface area (Å²) in [4.78, 5) is 30.0. The molecule has 30 heavy (non-hydrogen) atoms. The number of carbonyl (C=O) groups is 1. The Kier molecular flexibility index (Phi) is 4.47. The minimum Gasteiger partial charge on any atom is -0.493 e. The fourth-order valence-corrected chi connectivity index (χ4v) is 4.57. The number of halogens is 1. The zero-order chi connectivity index (χ0) is 20.8. The summed E-state index contributed by atoms with van der Waals surface area (Å²) in [5, 5.41) is 10.9. The van der Waals surface area contributed by atoms with Crippen LogP contribution in [0, 0.1) is 11.7 Å². The van der Waals surface area contributed by atoms with Crippen LogP contribution in [-0.2, 0) is 4.79 Å². The fraction of sp³-hybridized carbons (Fsp3) is 0.174. The smallest absolute Gasteiger partial charge is 0.311 e. The first-order valence-corrected chi connectivity index (χ1v) is 10.4. The number of benzene rings is 2. The highest BCUT2D eigenvalue weighted by molar-refractivity contribution is 7.10. The molecular formula is C23H17FN2O3S. The van der Waals surface area contributed by atoms with Crippen molar-refractivity contribution in [1.82, 2.24) is 4.57 Å². The van der Waals surface area contributed by atoms with Crippen molar-refractivity contribution in [3.8, 4) is 5.88 Å². The average Bonchev–Trinajstić information content (AvgIpc) is 3.47. The molecule has 2 aromatic carbocycles. The number of thiazole rings is 1. The lowest BCUT2D eigenvalue weighted by molar-refractivity contribution is -0.122. The molecule has 150 valence electrons. The van der Waals surface area contributed by atoms with Gasteiger partial charge in [0.05, 0.1) is 10.6 Å². The molecule has 0 saturated heterocycles. The summed E-state index contributed by atoms with van der Waals surface area (Å²) in [5.41, 5.74) is 2.55. The van der Waals surface area contributed by atoms with Crippen LogP contribution in [0.4, 0.5) is 10.1 Å². The first-order valence-electron chi connectivity index (χ1n) is 9.62. The van der Waals surface area contributed by atoms with Gasteiger partial charge in [0.2, 0.25) is 5.88 Å². The van der Waals surface area contributed by atoms with Gasteiger partial charge in [-0.2, -0.15) is 0 Å². The zero-order valence-electron chi connectivity index (χ0n) is 15.8. The molecular weight excluding hydrogens is 403 g/mol. The summed E-state index contributed by atoms with van der Waals surface area (Å²) >= 11 is 0.826. The summed E-state index contributed by atoms with van der Waals surface area (Å²) in [6.07, 6.45) is 4.77. The number of aromatic nitrogens is 1. The van der Waals surface area contributed by atoms with Gasteiger partial charge in [-0.25, -0.2) is 4.39 Å². The van der Waals surface area contributed by atoms with Gasteiger partial charge in [0, 0.05) is 28.8 Å². The van der Waals surface area contributed by atoms with Crippen LogP contribution >= 0.6 is 11.3 Å². The van der Waals surface area contributed by atoms with Crippen LogP contribution < -0.4 is 4.87 Å². The van der Waals surface area contributed by atoms with Gasteiger partial charge in [-0.1, -0.05) is 47.7 Å². The van der Waals surface area contributed by atoms with Crippen LogP contribution in [0.15, 0.2) is 58.3 Å². The molecule has 0 amide bonds. The van der Waals surface area contributed by atoms with Crippen molar-refractivity contribution in [2.75, 3.05) is 0 Å². The molecule has 2 heterocycles. The number of hydrogen-bond donors (Lipinski definition) is 1. The number of Topliss-reactive ketones (excluding diaryl/α,β-unsaturated/α-hetero) is 1. The Morgan fingerprint density at radius 1 is 1.20 bits per heavy atom. The third-order valence-corrected chi connectivity index (χ3v) is 6.29. The van der Waals surface area contributed by atoms with E-state index in [1.165, 1.54) is 18.2 Å². The predicted molar refractivity (Wildman–Crippen MR) is 115 cm³/mol. The SMILES string of the molecule is O=C(C1CC1)C(c1ccccc1F)n1c(O)c(C=C2C=Nc3ccccc32)sc1=O. The van der Waals surface area contributed by atoms with E-state index >= 15 is 0 Å². The van der Waals surface area contributed by atoms with E-state index in [-0.39, 0.29) is 23.1 Å². The number of nitrogens with zero attached hydrogens (tertiary/aromatic N) is 2. The highest BCUT2D eigenvalue weighted by Gasteiger charge is 2.39. The van der Waals surface area contributed by atoms with Gasteiger partial charge in [0.15, 0.2) is 5.78 Å². The summed E-state index contributed by atoms with van der Waals surface area (Å²) in [7, 11) is 0. The van der Waals surface area contributed by atoms with Crippen molar-refractivity contribution in [2.24, 2.45) is 10.9 Å². The summed E-state index contributed by atoms with van der Waals surface area (Å²) in [5.74, 6) is -1.37. The van der Waals surface area contributed by atoms with Gasteiger partial charge >= 0.3 is 4.87 Å². The number of aromatic hydroxyl groups is 1. The van der Waals surface area contributed by atoms with E-state index in [2.05, 4.69) is 4.99 Å². The van der Waals surface area contributed by atoms with Crippen molar-refractivity contribution in [3.05, 3.63) is 80.0 Å². The number of carbonyl (C=O) groups excluding carboxylic acids is 1. The maximum absolute atomic E-state index is 14.6. The third kappa shape index (κ3) is 3.11. The van der Waals surface area contributed by atoms with Crippen molar-refractivity contribution in [3.63, 3.8) is 0 Å². The van der Waals surface area contributed by atoms with Crippen LogP contribution in [0.5, 0.6) is 5.88 Å². The van der Waals surface area contributed by atoms with E-state index < -0.39 is 16.7 Å². The van der Waals surface area contributed by atoms with E-state index in [0.717, 1.165) is 32.7 Å². The Balaban J connectivity index is 1.63. The maximum Gasteiger partial charge on any atom is 0.311 e. The standard InChI is InChI=1S/C23H17FN2O3S/c24-17-7-3-1-6-16(17)20(21(27)13-9-10-13)26-22(28)19(30-23(26)29)11-14-12-25-18-8-4-2-5-15(14)18/h1-8,11-13,20,28H,9-10H2. The Hall–Kier alpha value is -3.32. The molecule has 3 aromatic rings. The first-order chi connectivity index (χ1) is 14.5. The molecule has 1 aliphatic heterocycles. The first kappa shape index (κ1) is 18.7. The van der Waals surface area contributed by atoms with Gasteiger partial charge in [-0.3, -0.25) is 19.1 Å². The lowest BCUT2D eigenvalue weighted by Crippen LogP contribution is -2.29. The van der Waals surface area contributed by atoms with Crippen LogP contribution in [0.1, 0.15) is 34.9 Å². The Labute approximate surface area is 175 Å². The van der Waals surface area contributed by atoms with Crippen LogP contribution in [0.2, 0.25) is 0 Å². The van der Waals surface area contributed by atoms with Gasteiger partial charge in [0.1, 0.15) is 11.9 Å². The topological polar surface area (TPSA) is 71.7 Å². The molecule has 5 nitrogen and oxygen atoms in total. The highest BCUT2D eigenvalue weighted by atomic mass is 32.1. The lowest BCUT2D eigenvalue weighted by Gasteiger charge is -2.18.